The molecule has 1 aliphatic carbocycles. The highest BCUT2D eigenvalue weighted by Crippen LogP contribution is 2.17. The summed E-state index contributed by atoms with van der Waals surface area (Å²) in [5.41, 5.74) is 3.47. The first-order valence-corrected chi connectivity index (χ1v) is 6.47. The smallest absolute Gasteiger partial charge is 0.206 e. The summed E-state index contributed by atoms with van der Waals surface area (Å²) >= 11 is 0. The summed E-state index contributed by atoms with van der Waals surface area (Å²) in [5, 5.41) is 7.15. The van der Waals surface area contributed by atoms with Crippen LogP contribution in [0, 0.1) is 6.92 Å². The van der Waals surface area contributed by atoms with Crippen molar-refractivity contribution in [1.82, 2.24) is 15.9 Å². The summed E-state index contributed by atoms with van der Waals surface area (Å²) in [6.45, 7) is 2.33. The molecule has 4 N–H and O–H groups in total. The van der Waals surface area contributed by atoms with E-state index in [1.807, 2.05) is 13.0 Å². The third-order valence-electron chi connectivity index (χ3n) is 3.15. The molecule has 0 amide bonds. The van der Waals surface area contributed by atoms with E-state index in [4.69, 9.17) is 10.4 Å². The van der Waals surface area contributed by atoms with E-state index < -0.39 is 0 Å². The van der Waals surface area contributed by atoms with Gasteiger partial charge in [0.2, 0.25) is 5.96 Å². The molecule has 1 heterocycles. The van der Waals surface area contributed by atoms with Gasteiger partial charge in [-0.15, -0.1) is 0 Å². The molecular formula is C12H21N5O. The number of aliphatic imine (C=N–C) groups is 1. The van der Waals surface area contributed by atoms with E-state index in [1.54, 1.807) is 0 Å². The Morgan fingerprint density at radius 3 is 2.89 bits per heavy atom. The Morgan fingerprint density at radius 2 is 2.28 bits per heavy atom. The largest absolute Gasteiger partial charge is 0.359 e. The molecule has 0 aromatic carbocycles. The van der Waals surface area contributed by atoms with Gasteiger partial charge >= 0.3 is 0 Å². The molecule has 6 nitrogen and oxygen atoms in total. The van der Waals surface area contributed by atoms with Crippen LogP contribution in [0.4, 0.5) is 0 Å². The van der Waals surface area contributed by atoms with Gasteiger partial charge in [0, 0.05) is 12.1 Å². The van der Waals surface area contributed by atoms with E-state index in [1.165, 1.54) is 32.1 Å². The van der Waals surface area contributed by atoms with E-state index >= 15 is 0 Å². The standard InChI is InChI=1S/C12H21N5O/c1-9-7-11(18-17-9)8-14-12(16-13)15-10-5-3-2-4-6-10/h7,10H,2-6,8,13H2,1H3,(H2,14,15,16). The maximum Gasteiger partial charge on any atom is 0.206 e. The first kappa shape index (κ1) is 12.9. The van der Waals surface area contributed by atoms with Crippen LogP contribution in [-0.4, -0.2) is 17.2 Å². The van der Waals surface area contributed by atoms with Gasteiger partial charge in [0.05, 0.1) is 5.69 Å². The lowest BCUT2D eigenvalue weighted by Gasteiger charge is -2.24. The van der Waals surface area contributed by atoms with Crippen molar-refractivity contribution < 1.29 is 4.52 Å². The second-order valence-electron chi connectivity index (χ2n) is 4.72. The minimum atomic E-state index is 0.445. The molecule has 1 aromatic rings. The molecule has 2 rings (SSSR count). The molecule has 0 atom stereocenters. The van der Waals surface area contributed by atoms with Crippen molar-refractivity contribution in [3.05, 3.63) is 17.5 Å². The number of nitrogens with one attached hydrogen (secondary N) is 2. The fourth-order valence-electron chi connectivity index (χ4n) is 2.22. The topological polar surface area (TPSA) is 88.5 Å². The zero-order valence-electron chi connectivity index (χ0n) is 10.8. The van der Waals surface area contributed by atoms with E-state index in [0.717, 1.165) is 11.5 Å². The van der Waals surface area contributed by atoms with Crippen molar-refractivity contribution in [2.45, 2.75) is 51.6 Å². The molecule has 1 aromatic heterocycles. The molecular weight excluding hydrogens is 230 g/mol. The van der Waals surface area contributed by atoms with Crippen molar-refractivity contribution >= 4 is 5.96 Å². The van der Waals surface area contributed by atoms with Gasteiger partial charge < -0.3 is 9.84 Å². The van der Waals surface area contributed by atoms with Crippen LogP contribution in [0.1, 0.15) is 43.6 Å². The molecule has 18 heavy (non-hydrogen) atoms. The molecule has 0 spiro atoms. The second-order valence-corrected chi connectivity index (χ2v) is 4.72. The number of hydrogen-bond acceptors (Lipinski definition) is 4. The highest BCUT2D eigenvalue weighted by Gasteiger charge is 2.14. The first-order valence-electron chi connectivity index (χ1n) is 6.47. The molecule has 1 aliphatic rings. The Kier molecular flexibility index (Phi) is 4.58. The van der Waals surface area contributed by atoms with Crippen LogP contribution in [-0.2, 0) is 6.54 Å². The number of nitrogens with zero attached hydrogens (tertiary/aromatic N) is 2. The van der Waals surface area contributed by atoms with Crippen LogP contribution >= 0.6 is 0 Å². The van der Waals surface area contributed by atoms with Crippen LogP contribution in [0.2, 0.25) is 0 Å². The maximum absolute atomic E-state index is 5.47. The van der Waals surface area contributed by atoms with Gasteiger partial charge in [-0.25, -0.2) is 10.8 Å². The molecule has 100 valence electrons. The van der Waals surface area contributed by atoms with Gasteiger partial charge in [-0.3, -0.25) is 5.43 Å². The van der Waals surface area contributed by atoms with Gasteiger partial charge in [-0.1, -0.05) is 24.4 Å². The third kappa shape index (κ3) is 3.73. The average Bonchev–Trinajstić information content (AvgIpc) is 2.81. The number of hydrazine groups is 1. The number of nitrogens with two attached hydrogens (primary N) is 1. The molecule has 0 radical (unpaired) electrons. The Morgan fingerprint density at radius 1 is 1.50 bits per heavy atom. The number of aryl methyl sites for hydroxylation is 1. The van der Waals surface area contributed by atoms with Gasteiger partial charge in [0.1, 0.15) is 6.54 Å². The van der Waals surface area contributed by atoms with Crippen molar-refractivity contribution in [3.63, 3.8) is 0 Å². The molecule has 0 unspecified atom stereocenters. The fourth-order valence-corrected chi connectivity index (χ4v) is 2.22. The van der Waals surface area contributed by atoms with E-state index in [9.17, 15) is 0 Å². The lowest BCUT2D eigenvalue weighted by atomic mass is 9.96. The molecule has 0 saturated heterocycles. The number of hydrogen-bond donors (Lipinski definition) is 3. The van der Waals surface area contributed by atoms with Crippen molar-refractivity contribution in [1.29, 1.82) is 0 Å². The van der Waals surface area contributed by atoms with Crippen molar-refractivity contribution in [3.8, 4) is 0 Å². The second kappa shape index (κ2) is 6.39. The van der Waals surface area contributed by atoms with Crippen LogP contribution in [0.25, 0.3) is 0 Å². The third-order valence-corrected chi connectivity index (χ3v) is 3.15. The zero-order valence-corrected chi connectivity index (χ0v) is 10.8. The maximum atomic E-state index is 5.47. The molecule has 1 saturated carbocycles. The first-order chi connectivity index (χ1) is 8.78. The summed E-state index contributed by atoms with van der Waals surface area (Å²) in [4.78, 5) is 4.36. The number of guanidine groups is 1. The Balaban J connectivity index is 1.86. The molecule has 6 heteroatoms. The molecule has 1 fully saturated rings. The normalized spacial score (nSPS) is 17.8. The van der Waals surface area contributed by atoms with Gasteiger partial charge in [-0.2, -0.15) is 0 Å². The summed E-state index contributed by atoms with van der Waals surface area (Å²) in [6.07, 6.45) is 6.25. The molecule has 0 aliphatic heterocycles. The predicted octanol–water partition coefficient (Wildman–Crippen LogP) is 1.22. The number of aromatic nitrogens is 1. The summed E-state index contributed by atoms with van der Waals surface area (Å²) in [7, 11) is 0. The van der Waals surface area contributed by atoms with Crippen LogP contribution < -0.4 is 16.6 Å². The molecule has 0 bridgehead atoms. The summed E-state index contributed by atoms with van der Waals surface area (Å²) < 4.78 is 5.10. The van der Waals surface area contributed by atoms with E-state index in [2.05, 4.69) is 20.9 Å². The van der Waals surface area contributed by atoms with Crippen molar-refractivity contribution in [2.24, 2.45) is 10.8 Å². The van der Waals surface area contributed by atoms with Gasteiger partial charge in [-0.05, 0) is 19.8 Å². The fraction of sp³-hybridized carbons (Fsp3) is 0.667. The quantitative estimate of drug-likeness (QED) is 0.325. The van der Waals surface area contributed by atoms with E-state index in [0.29, 0.717) is 18.5 Å². The lowest BCUT2D eigenvalue weighted by Crippen LogP contribution is -2.47. The van der Waals surface area contributed by atoms with Crippen molar-refractivity contribution in [2.75, 3.05) is 0 Å². The van der Waals surface area contributed by atoms with Gasteiger partial charge in [0.15, 0.2) is 5.76 Å². The Bertz CT molecular complexity index is 395. The monoisotopic (exact) mass is 251 g/mol. The van der Waals surface area contributed by atoms with Crippen LogP contribution in [0.15, 0.2) is 15.6 Å². The average molecular weight is 251 g/mol. The summed E-state index contributed by atoms with van der Waals surface area (Å²) in [6, 6.07) is 2.35. The minimum Gasteiger partial charge on any atom is -0.359 e. The van der Waals surface area contributed by atoms with E-state index in [-0.39, 0.29) is 0 Å². The zero-order chi connectivity index (χ0) is 12.8. The van der Waals surface area contributed by atoms with Crippen LogP contribution in [0.3, 0.4) is 0 Å². The highest BCUT2D eigenvalue weighted by molar-refractivity contribution is 5.79. The highest BCUT2D eigenvalue weighted by atomic mass is 16.5. The SMILES string of the molecule is Cc1cc(CN=C(NN)NC2CCCCC2)on1. The lowest BCUT2D eigenvalue weighted by molar-refractivity contribution is 0.380. The predicted molar refractivity (Wildman–Crippen MR) is 69.7 cm³/mol. The Labute approximate surface area is 107 Å². The number of rotatable bonds is 3. The summed E-state index contributed by atoms with van der Waals surface area (Å²) in [5.74, 6) is 6.83. The minimum absolute atomic E-state index is 0.445. The van der Waals surface area contributed by atoms with Crippen LogP contribution in [0.5, 0.6) is 0 Å². The van der Waals surface area contributed by atoms with Gasteiger partial charge in [0.25, 0.3) is 0 Å². The Hall–Kier alpha value is -1.56.